The van der Waals surface area contributed by atoms with E-state index in [2.05, 4.69) is 10.2 Å². The summed E-state index contributed by atoms with van der Waals surface area (Å²) < 4.78 is 0. The summed E-state index contributed by atoms with van der Waals surface area (Å²) in [5, 5.41) is 7.27. The minimum Gasteiger partial charge on any atom is -0.396 e. The van der Waals surface area contributed by atoms with Crippen LogP contribution in [0.4, 0.5) is 11.5 Å². The molecule has 48 valence electrons. The average Bonchev–Trinajstić information content (AvgIpc) is 1.80. The molecule has 1 rings (SSSR count). The molecule has 0 aromatic carbocycles. The van der Waals surface area contributed by atoms with Crippen molar-refractivity contribution < 1.29 is 0 Å². The van der Waals surface area contributed by atoms with Crippen molar-refractivity contribution in [3.63, 3.8) is 0 Å². The number of hydrogen-bond acceptors (Lipinski definition) is 4. The van der Waals surface area contributed by atoms with Gasteiger partial charge in [-0.2, -0.15) is 5.10 Å². The van der Waals surface area contributed by atoms with Crippen LogP contribution in [0, 0.1) is 6.92 Å². The molecule has 0 aliphatic heterocycles. The maximum atomic E-state index is 5.39. The first-order valence-electron chi connectivity index (χ1n) is 2.55. The van der Waals surface area contributed by atoms with Crippen molar-refractivity contribution in [1.29, 1.82) is 0 Å². The molecule has 0 unspecified atom stereocenters. The summed E-state index contributed by atoms with van der Waals surface area (Å²) in [6.07, 6.45) is 0. The highest BCUT2D eigenvalue weighted by Crippen LogP contribution is 2.08. The SMILES string of the molecule is Cc1cc(N)c(N)nn1. The van der Waals surface area contributed by atoms with Crippen molar-refractivity contribution in [2.24, 2.45) is 0 Å². The first kappa shape index (κ1) is 5.81. The number of anilines is 2. The van der Waals surface area contributed by atoms with Gasteiger partial charge in [0.05, 0.1) is 11.4 Å². The van der Waals surface area contributed by atoms with Crippen LogP contribution >= 0.6 is 0 Å². The number of aromatic nitrogens is 2. The van der Waals surface area contributed by atoms with E-state index >= 15 is 0 Å². The van der Waals surface area contributed by atoms with E-state index in [1.54, 1.807) is 6.07 Å². The predicted molar refractivity (Wildman–Crippen MR) is 35.6 cm³/mol. The van der Waals surface area contributed by atoms with E-state index in [1.807, 2.05) is 6.92 Å². The Labute approximate surface area is 52.9 Å². The monoisotopic (exact) mass is 124 g/mol. The Morgan fingerprint density at radius 3 is 2.44 bits per heavy atom. The van der Waals surface area contributed by atoms with Crippen LogP contribution in [0.2, 0.25) is 0 Å². The second-order valence-electron chi connectivity index (χ2n) is 1.83. The third-order valence-corrected chi connectivity index (χ3v) is 0.976. The highest BCUT2D eigenvalue weighted by molar-refractivity contribution is 5.56. The molecule has 0 saturated heterocycles. The molecular weight excluding hydrogens is 116 g/mol. The summed E-state index contributed by atoms with van der Waals surface area (Å²) in [6, 6.07) is 1.68. The molecule has 0 aliphatic carbocycles. The zero-order valence-electron chi connectivity index (χ0n) is 5.13. The van der Waals surface area contributed by atoms with Gasteiger partial charge < -0.3 is 11.5 Å². The number of hydrogen-bond donors (Lipinski definition) is 2. The zero-order chi connectivity index (χ0) is 6.85. The van der Waals surface area contributed by atoms with Gasteiger partial charge in [0.1, 0.15) is 0 Å². The molecule has 0 radical (unpaired) electrons. The third-order valence-electron chi connectivity index (χ3n) is 0.976. The number of nitrogens with zero attached hydrogens (tertiary/aromatic N) is 2. The van der Waals surface area contributed by atoms with Gasteiger partial charge in [0.25, 0.3) is 0 Å². The van der Waals surface area contributed by atoms with Crippen molar-refractivity contribution in [2.45, 2.75) is 6.92 Å². The molecular formula is C5H8N4. The smallest absolute Gasteiger partial charge is 0.169 e. The maximum absolute atomic E-state index is 5.39. The third kappa shape index (κ3) is 1.07. The predicted octanol–water partition coefficient (Wildman–Crippen LogP) is -0.0506. The van der Waals surface area contributed by atoms with Gasteiger partial charge in [0.15, 0.2) is 5.82 Å². The lowest BCUT2D eigenvalue weighted by Gasteiger charge is -1.95. The van der Waals surface area contributed by atoms with E-state index < -0.39 is 0 Å². The van der Waals surface area contributed by atoms with Crippen LogP contribution in [0.15, 0.2) is 6.07 Å². The van der Waals surface area contributed by atoms with Crippen LogP contribution in [-0.2, 0) is 0 Å². The fraction of sp³-hybridized carbons (Fsp3) is 0.200. The highest BCUT2D eigenvalue weighted by Gasteiger charge is 1.93. The Hall–Kier alpha value is -1.32. The fourth-order valence-electron chi connectivity index (χ4n) is 0.518. The molecule has 0 aliphatic rings. The van der Waals surface area contributed by atoms with Crippen molar-refractivity contribution in [2.75, 3.05) is 11.5 Å². The Morgan fingerprint density at radius 1 is 1.33 bits per heavy atom. The first-order valence-corrected chi connectivity index (χ1v) is 2.55. The standard InChI is InChI=1S/C5H8N4/c1-3-2-4(6)5(7)9-8-3/h2H,1H3,(H2,6,8)(H2,7,9). The summed E-state index contributed by atoms with van der Waals surface area (Å²) in [4.78, 5) is 0. The number of aryl methyl sites for hydroxylation is 1. The normalized spacial score (nSPS) is 9.44. The second kappa shape index (κ2) is 1.89. The van der Waals surface area contributed by atoms with E-state index in [9.17, 15) is 0 Å². The minimum absolute atomic E-state index is 0.292. The molecule has 1 aromatic rings. The van der Waals surface area contributed by atoms with E-state index in [4.69, 9.17) is 11.5 Å². The lowest BCUT2D eigenvalue weighted by Crippen LogP contribution is -2.00. The van der Waals surface area contributed by atoms with Crippen molar-refractivity contribution in [3.8, 4) is 0 Å². The average molecular weight is 124 g/mol. The van der Waals surface area contributed by atoms with Crippen LogP contribution in [0.25, 0.3) is 0 Å². The molecule has 0 atom stereocenters. The Bertz CT molecular complexity index is 220. The minimum atomic E-state index is 0.292. The van der Waals surface area contributed by atoms with Crippen molar-refractivity contribution in [3.05, 3.63) is 11.8 Å². The fourth-order valence-corrected chi connectivity index (χ4v) is 0.518. The first-order chi connectivity index (χ1) is 4.20. The Morgan fingerprint density at radius 2 is 2.00 bits per heavy atom. The van der Waals surface area contributed by atoms with E-state index in [1.165, 1.54) is 0 Å². The molecule has 0 spiro atoms. The summed E-state index contributed by atoms with van der Waals surface area (Å²) in [7, 11) is 0. The van der Waals surface area contributed by atoms with Crippen molar-refractivity contribution >= 4 is 11.5 Å². The van der Waals surface area contributed by atoms with E-state index in [-0.39, 0.29) is 0 Å². The number of nitrogen functional groups attached to an aromatic ring is 2. The quantitative estimate of drug-likeness (QED) is 0.508. The molecule has 9 heavy (non-hydrogen) atoms. The Balaban J connectivity index is 3.17. The van der Waals surface area contributed by atoms with Crippen LogP contribution in [0.5, 0.6) is 0 Å². The number of nitrogens with two attached hydrogens (primary N) is 2. The topological polar surface area (TPSA) is 77.8 Å². The zero-order valence-corrected chi connectivity index (χ0v) is 5.13. The molecule has 4 N–H and O–H groups in total. The molecule has 1 heterocycles. The number of rotatable bonds is 0. The van der Waals surface area contributed by atoms with Crippen LogP contribution in [-0.4, -0.2) is 10.2 Å². The molecule has 0 bridgehead atoms. The maximum Gasteiger partial charge on any atom is 0.169 e. The summed E-state index contributed by atoms with van der Waals surface area (Å²) in [6.45, 7) is 1.81. The Kier molecular flexibility index (Phi) is 1.22. The van der Waals surface area contributed by atoms with Gasteiger partial charge in [-0.1, -0.05) is 0 Å². The van der Waals surface area contributed by atoms with E-state index in [0.29, 0.717) is 11.5 Å². The highest BCUT2D eigenvalue weighted by atomic mass is 15.1. The van der Waals surface area contributed by atoms with Crippen LogP contribution in [0.3, 0.4) is 0 Å². The van der Waals surface area contributed by atoms with Crippen LogP contribution in [0.1, 0.15) is 5.69 Å². The van der Waals surface area contributed by atoms with Crippen molar-refractivity contribution in [1.82, 2.24) is 10.2 Å². The molecule has 0 amide bonds. The molecule has 4 heteroatoms. The molecule has 0 fully saturated rings. The van der Waals surface area contributed by atoms with Gasteiger partial charge >= 0.3 is 0 Å². The van der Waals surface area contributed by atoms with Gasteiger partial charge in [0, 0.05) is 0 Å². The van der Waals surface area contributed by atoms with Gasteiger partial charge in [-0.25, -0.2) is 0 Å². The van der Waals surface area contributed by atoms with E-state index in [0.717, 1.165) is 5.69 Å². The lowest BCUT2D eigenvalue weighted by molar-refractivity contribution is 0.993. The van der Waals surface area contributed by atoms with Gasteiger partial charge in [-0.3, -0.25) is 0 Å². The molecule has 1 aromatic heterocycles. The molecule has 0 saturated carbocycles. The van der Waals surface area contributed by atoms with Crippen LogP contribution < -0.4 is 11.5 Å². The lowest BCUT2D eigenvalue weighted by atomic mass is 10.4. The largest absolute Gasteiger partial charge is 0.396 e. The summed E-state index contributed by atoms with van der Waals surface area (Å²) in [5.74, 6) is 0.292. The van der Waals surface area contributed by atoms with Gasteiger partial charge in [0.2, 0.25) is 0 Å². The van der Waals surface area contributed by atoms with Gasteiger partial charge in [-0.05, 0) is 13.0 Å². The summed E-state index contributed by atoms with van der Waals surface area (Å²) in [5.41, 5.74) is 12.0. The second-order valence-corrected chi connectivity index (χ2v) is 1.83. The molecule has 4 nitrogen and oxygen atoms in total. The van der Waals surface area contributed by atoms with Gasteiger partial charge in [-0.15, -0.1) is 5.10 Å². The summed E-state index contributed by atoms with van der Waals surface area (Å²) >= 11 is 0.